The van der Waals surface area contributed by atoms with Gasteiger partial charge in [0.2, 0.25) is 5.91 Å². The van der Waals surface area contributed by atoms with Gasteiger partial charge in [-0.25, -0.2) is 5.43 Å². The molecule has 1 N–H and O–H groups in total. The smallest absolute Gasteiger partial charge is 0.273 e. The van der Waals surface area contributed by atoms with Crippen LogP contribution in [-0.2, 0) is 4.79 Å². The van der Waals surface area contributed by atoms with Gasteiger partial charge in [-0.15, -0.1) is 0 Å². The first kappa shape index (κ1) is 11.6. The van der Waals surface area contributed by atoms with Crippen molar-refractivity contribution in [1.29, 1.82) is 0 Å². The molecule has 1 amide bonds. The number of carbonyl (C=O) groups excluding carboxylic acids is 1. The van der Waals surface area contributed by atoms with E-state index in [1.807, 2.05) is 0 Å². The van der Waals surface area contributed by atoms with Crippen LogP contribution in [0.4, 0.5) is 13.2 Å². The number of amides is 1. The van der Waals surface area contributed by atoms with Crippen molar-refractivity contribution < 1.29 is 18.0 Å². The van der Waals surface area contributed by atoms with Crippen LogP contribution < -0.4 is 5.43 Å². The third kappa shape index (κ3) is 2.46. The number of hydrazone groups is 1. The Morgan fingerprint density at radius 1 is 1.24 bits per heavy atom. The summed E-state index contributed by atoms with van der Waals surface area (Å²) < 4.78 is 38.4. The lowest BCUT2D eigenvalue weighted by Crippen LogP contribution is -2.41. The first-order valence-electron chi connectivity index (χ1n) is 4.97. The second-order valence-corrected chi connectivity index (χ2v) is 3.70. The van der Waals surface area contributed by atoms with E-state index in [0.29, 0.717) is 5.56 Å². The average molecular weight is 242 g/mol. The molecule has 2 rings (SSSR count). The van der Waals surface area contributed by atoms with Crippen molar-refractivity contribution in [3.05, 3.63) is 35.9 Å². The Morgan fingerprint density at radius 2 is 1.88 bits per heavy atom. The van der Waals surface area contributed by atoms with E-state index >= 15 is 0 Å². The fourth-order valence-corrected chi connectivity index (χ4v) is 1.67. The number of nitrogens with one attached hydrogen (secondary N) is 1. The van der Waals surface area contributed by atoms with Gasteiger partial charge in [0.25, 0.3) is 0 Å². The Hall–Kier alpha value is -1.85. The molecular formula is C11H9F3N2O. The van der Waals surface area contributed by atoms with E-state index in [1.165, 1.54) is 12.1 Å². The summed E-state index contributed by atoms with van der Waals surface area (Å²) in [6.07, 6.45) is -5.08. The van der Waals surface area contributed by atoms with E-state index in [2.05, 4.69) is 10.5 Å². The molecule has 6 heteroatoms. The van der Waals surface area contributed by atoms with Crippen molar-refractivity contribution >= 4 is 11.6 Å². The molecule has 1 aliphatic heterocycles. The minimum atomic E-state index is -4.47. The van der Waals surface area contributed by atoms with Crippen LogP contribution in [0.2, 0.25) is 0 Å². The molecule has 17 heavy (non-hydrogen) atoms. The Labute approximate surface area is 95.3 Å². The van der Waals surface area contributed by atoms with E-state index in [-0.39, 0.29) is 5.71 Å². The number of alkyl halides is 3. The minimum Gasteiger partial charge on any atom is -0.273 e. The van der Waals surface area contributed by atoms with E-state index in [0.717, 1.165) is 0 Å². The van der Waals surface area contributed by atoms with Crippen LogP contribution in [0.5, 0.6) is 0 Å². The van der Waals surface area contributed by atoms with Gasteiger partial charge >= 0.3 is 6.18 Å². The monoisotopic (exact) mass is 242 g/mol. The number of nitrogens with zero attached hydrogens (tertiary/aromatic N) is 1. The molecule has 0 spiro atoms. The van der Waals surface area contributed by atoms with Crippen molar-refractivity contribution in [2.75, 3.05) is 0 Å². The van der Waals surface area contributed by atoms with Crippen LogP contribution in [0.25, 0.3) is 0 Å². The van der Waals surface area contributed by atoms with Gasteiger partial charge in [-0.2, -0.15) is 18.3 Å². The van der Waals surface area contributed by atoms with Crippen molar-refractivity contribution in [2.24, 2.45) is 11.0 Å². The van der Waals surface area contributed by atoms with Gasteiger partial charge in [0.1, 0.15) is 5.92 Å². The molecule has 0 bridgehead atoms. The minimum absolute atomic E-state index is 0.141. The Bertz CT molecular complexity index is 454. The molecule has 0 aromatic heterocycles. The topological polar surface area (TPSA) is 41.5 Å². The summed E-state index contributed by atoms with van der Waals surface area (Å²) in [4.78, 5) is 11.0. The van der Waals surface area contributed by atoms with Crippen LogP contribution in [0, 0.1) is 5.92 Å². The number of rotatable bonds is 1. The Morgan fingerprint density at radius 3 is 2.47 bits per heavy atom. The summed E-state index contributed by atoms with van der Waals surface area (Å²) in [5.41, 5.74) is 2.31. The van der Waals surface area contributed by atoms with E-state index in [9.17, 15) is 18.0 Å². The highest BCUT2D eigenvalue weighted by Gasteiger charge is 2.46. The highest BCUT2D eigenvalue weighted by molar-refractivity contribution is 6.06. The Kier molecular flexibility index (Phi) is 2.87. The number of halogens is 3. The van der Waals surface area contributed by atoms with Gasteiger partial charge in [0.15, 0.2) is 0 Å². The van der Waals surface area contributed by atoms with Crippen molar-refractivity contribution in [3.63, 3.8) is 0 Å². The van der Waals surface area contributed by atoms with Gasteiger partial charge in [0.05, 0.1) is 5.71 Å². The molecular weight excluding hydrogens is 233 g/mol. The molecule has 1 aliphatic rings. The summed E-state index contributed by atoms with van der Waals surface area (Å²) in [6, 6.07) is 8.03. The summed E-state index contributed by atoms with van der Waals surface area (Å²) in [5.74, 6) is -2.55. The number of benzene rings is 1. The lowest BCUT2D eigenvalue weighted by molar-refractivity contribution is -0.162. The average Bonchev–Trinajstić information content (AvgIpc) is 2.29. The molecule has 1 aromatic rings. The summed E-state index contributed by atoms with van der Waals surface area (Å²) in [5, 5.41) is 3.53. The molecule has 0 fully saturated rings. The van der Waals surface area contributed by atoms with Crippen LogP contribution in [-0.4, -0.2) is 17.8 Å². The number of carbonyl (C=O) groups is 1. The summed E-state index contributed by atoms with van der Waals surface area (Å²) in [6.45, 7) is 0. The second-order valence-electron chi connectivity index (χ2n) is 3.70. The maximum Gasteiger partial charge on any atom is 0.397 e. The fourth-order valence-electron chi connectivity index (χ4n) is 1.67. The first-order valence-corrected chi connectivity index (χ1v) is 4.97. The summed E-state index contributed by atoms with van der Waals surface area (Å²) >= 11 is 0. The van der Waals surface area contributed by atoms with Crippen molar-refractivity contribution in [2.45, 2.75) is 12.6 Å². The first-order chi connectivity index (χ1) is 7.98. The van der Waals surface area contributed by atoms with Gasteiger partial charge in [-0.1, -0.05) is 30.3 Å². The quantitative estimate of drug-likeness (QED) is 0.804. The number of hydrogen-bond donors (Lipinski definition) is 1. The largest absolute Gasteiger partial charge is 0.397 e. The molecule has 0 radical (unpaired) electrons. The molecule has 0 saturated carbocycles. The predicted molar refractivity (Wildman–Crippen MR) is 55.3 cm³/mol. The van der Waals surface area contributed by atoms with Crippen LogP contribution in [0.1, 0.15) is 12.0 Å². The SMILES string of the molecule is O=C1CC(C(F)(F)F)C(c2ccccc2)=NN1. The number of hydrogen-bond acceptors (Lipinski definition) is 2. The van der Waals surface area contributed by atoms with Gasteiger partial charge in [0, 0.05) is 6.42 Å². The molecule has 0 aliphatic carbocycles. The molecule has 0 saturated heterocycles. The fraction of sp³-hybridized carbons (Fsp3) is 0.273. The van der Waals surface area contributed by atoms with Crippen LogP contribution in [0.3, 0.4) is 0 Å². The third-order valence-electron chi connectivity index (χ3n) is 2.49. The zero-order valence-corrected chi connectivity index (χ0v) is 8.66. The Balaban J connectivity index is 2.40. The van der Waals surface area contributed by atoms with Gasteiger partial charge in [-0.05, 0) is 5.56 Å². The summed E-state index contributed by atoms with van der Waals surface area (Å²) in [7, 11) is 0. The lowest BCUT2D eigenvalue weighted by Gasteiger charge is -2.24. The maximum absolute atomic E-state index is 12.8. The highest BCUT2D eigenvalue weighted by Crippen LogP contribution is 2.33. The lowest BCUT2D eigenvalue weighted by atomic mass is 9.92. The van der Waals surface area contributed by atoms with E-state index in [1.54, 1.807) is 18.2 Å². The molecule has 90 valence electrons. The zero-order valence-electron chi connectivity index (χ0n) is 8.66. The van der Waals surface area contributed by atoms with Crippen molar-refractivity contribution in [1.82, 2.24) is 5.43 Å². The van der Waals surface area contributed by atoms with E-state index in [4.69, 9.17) is 0 Å². The molecule has 3 nitrogen and oxygen atoms in total. The second kappa shape index (κ2) is 4.20. The molecule has 1 atom stereocenters. The standard InChI is InChI=1S/C11H9F3N2O/c12-11(13,14)8-6-9(17)15-16-10(8)7-4-2-1-3-5-7/h1-5,8H,6H2,(H,15,17). The third-order valence-corrected chi connectivity index (χ3v) is 2.49. The molecule has 1 heterocycles. The van der Waals surface area contributed by atoms with Gasteiger partial charge < -0.3 is 0 Å². The zero-order chi connectivity index (χ0) is 12.5. The van der Waals surface area contributed by atoms with E-state index < -0.39 is 24.4 Å². The van der Waals surface area contributed by atoms with Crippen LogP contribution >= 0.6 is 0 Å². The normalized spacial score (nSPS) is 20.8. The molecule has 1 unspecified atom stereocenters. The van der Waals surface area contributed by atoms with Crippen LogP contribution in [0.15, 0.2) is 35.4 Å². The highest BCUT2D eigenvalue weighted by atomic mass is 19.4. The maximum atomic E-state index is 12.8. The molecule has 1 aromatic carbocycles. The van der Waals surface area contributed by atoms with Crippen molar-refractivity contribution in [3.8, 4) is 0 Å². The van der Waals surface area contributed by atoms with Gasteiger partial charge in [-0.3, -0.25) is 4.79 Å². The predicted octanol–water partition coefficient (Wildman–Crippen LogP) is 2.09.